The number of phenolic OH excluding ortho intramolecular Hbond substituents is 2. The van der Waals surface area contributed by atoms with E-state index in [4.69, 9.17) is 4.74 Å². The van der Waals surface area contributed by atoms with E-state index < -0.39 is 0 Å². The summed E-state index contributed by atoms with van der Waals surface area (Å²) in [4.78, 5) is 0. The molecule has 24 heavy (non-hydrogen) atoms. The molecule has 0 saturated heterocycles. The van der Waals surface area contributed by atoms with E-state index in [2.05, 4.69) is 14.1 Å². The number of hydrogen-bond donors (Lipinski definition) is 2. The van der Waals surface area contributed by atoms with Crippen LogP contribution in [0.25, 0.3) is 0 Å². The van der Waals surface area contributed by atoms with Gasteiger partial charge in [-0.1, -0.05) is 12.1 Å². The Morgan fingerprint density at radius 3 is 2.42 bits per heavy atom. The van der Waals surface area contributed by atoms with E-state index in [9.17, 15) is 10.2 Å². The minimum Gasteiger partial charge on any atom is -1.00 e. The van der Waals surface area contributed by atoms with Gasteiger partial charge in [0.15, 0.2) is 11.5 Å². The summed E-state index contributed by atoms with van der Waals surface area (Å²) in [6, 6.07) is 11.5. The average molecular weight is 350 g/mol. The molecule has 1 aliphatic heterocycles. The van der Waals surface area contributed by atoms with Gasteiger partial charge in [-0.25, -0.2) is 0 Å². The number of aromatic hydroxyl groups is 2. The lowest BCUT2D eigenvalue weighted by molar-refractivity contribution is -0.923. The van der Waals surface area contributed by atoms with E-state index in [1.807, 2.05) is 24.3 Å². The van der Waals surface area contributed by atoms with Crippen LogP contribution >= 0.6 is 0 Å². The van der Waals surface area contributed by atoms with Crippen LogP contribution in [0.4, 0.5) is 0 Å². The molecule has 1 heterocycles. The van der Waals surface area contributed by atoms with Gasteiger partial charge in [0.25, 0.3) is 0 Å². The van der Waals surface area contributed by atoms with Crippen molar-refractivity contribution in [1.82, 2.24) is 0 Å². The number of phenols is 2. The number of rotatable bonds is 3. The third-order valence-corrected chi connectivity index (χ3v) is 4.97. The van der Waals surface area contributed by atoms with Crippen LogP contribution in [0.1, 0.15) is 22.7 Å². The van der Waals surface area contributed by atoms with E-state index >= 15 is 0 Å². The molecule has 0 fully saturated rings. The van der Waals surface area contributed by atoms with E-state index in [1.165, 1.54) is 16.7 Å². The minimum atomic E-state index is 0. The number of fused-ring (bicyclic) bond motifs is 1. The van der Waals surface area contributed by atoms with E-state index in [0.717, 1.165) is 23.9 Å². The van der Waals surface area contributed by atoms with Crippen molar-refractivity contribution in [3.05, 3.63) is 53.1 Å². The summed E-state index contributed by atoms with van der Waals surface area (Å²) in [6.07, 6.45) is 1.83. The Bertz CT molecular complexity index is 713. The van der Waals surface area contributed by atoms with Crippen molar-refractivity contribution < 1.29 is 31.8 Å². The van der Waals surface area contributed by atoms with Crippen LogP contribution in [0, 0.1) is 0 Å². The van der Waals surface area contributed by atoms with Crippen molar-refractivity contribution in [2.24, 2.45) is 0 Å². The lowest BCUT2D eigenvalue weighted by atomic mass is 9.87. The number of hydrogen-bond acceptors (Lipinski definition) is 3. The molecule has 1 atom stereocenters. The molecule has 0 unspecified atom stereocenters. The summed E-state index contributed by atoms with van der Waals surface area (Å²) in [5.74, 6) is 1.03. The second kappa shape index (κ2) is 6.91. The summed E-state index contributed by atoms with van der Waals surface area (Å²) in [6.45, 7) is 1.03. The van der Waals surface area contributed by atoms with Gasteiger partial charge >= 0.3 is 0 Å². The van der Waals surface area contributed by atoms with Gasteiger partial charge in [0, 0.05) is 18.4 Å². The van der Waals surface area contributed by atoms with Gasteiger partial charge in [0.1, 0.15) is 11.8 Å². The van der Waals surface area contributed by atoms with Gasteiger partial charge in [-0.05, 0) is 35.4 Å². The smallest absolute Gasteiger partial charge is 0.161 e. The lowest BCUT2D eigenvalue weighted by Crippen LogP contribution is -3.00. The molecular formula is C19H24ClNO3. The van der Waals surface area contributed by atoms with Gasteiger partial charge in [0.05, 0.1) is 27.7 Å². The Hall–Kier alpha value is -1.91. The molecule has 130 valence electrons. The standard InChI is InChI=1S/C19H23NO3.ClH/c1-20(2)9-8-14-11-18(22)19(23-3)12-16(14)17(20)10-13-4-6-15(21)7-5-13;/h4-7,11-12,17H,8-10H2,1-3H3,(H-,21,22);1H/t17-;/m1./s1. The molecule has 1 aliphatic rings. The molecular weight excluding hydrogens is 326 g/mol. The van der Waals surface area contributed by atoms with Gasteiger partial charge in [-0.15, -0.1) is 0 Å². The quantitative estimate of drug-likeness (QED) is 0.769. The van der Waals surface area contributed by atoms with Crippen LogP contribution in [-0.4, -0.2) is 42.4 Å². The molecule has 0 aliphatic carbocycles. The highest BCUT2D eigenvalue weighted by Crippen LogP contribution is 2.41. The predicted octanol–water partition coefficient (Wildman–Crippen LogP) is 0.0267. The van der Waals surface area contributed by atoms with Crippen LogP contribution in [0.3, 0.4) is 0 Å². The Morgan fingerprint density at radius 2 is 1.79 bits per heavy atom. The van der Waals surface area contributed by atoms with E-state index in [1.54, 1.807) is 19.2 Å². The highest BCUT2D eigenvalue weighted by Gasteiger charge is 2.36. The number of likely N-dealkylation sites (N-methyl/N-ethyl adjacent to an activating group) is 1. The fourth-order valence-corrected chi connectivity index (χ4v) is 3.47. The first-order valence-electron chi connectivity index (χ1n) is 7.91. The highest BCUT2D eigenvalue weighted by atomic mass is 35.5. The number of benzene rings is 2. The van der Waals surface area contributed by atoms with E-state index in [0.29, 0.717) is 5.75 Å². The molecule has 0 aromatic heterocycles. The summed E-state index contributed by atoms with van der Waals surface area (Å²) < 4.78 is 6.19. The Kier molecular flexibility index (Phi) is 5.31. The summed E-state index contributed by atoms with van der Waals surface area (Å²) in [5.41, 5.74) is 3.63. The molecule has 5 heteroatoms. The highest BCUT2D eigenvalue weighted by molar-refractivity contribution is 5.48. The predicted molar refractivity (Wildman–Crippen MR) is 89.9 cm³/mol. The van der Waals surface area contributed by atoms with Crippen LogP contribution in [0.5, 0.6) is 17.2 Å². The van der Waals surface area contributed by atoms with Crippen molar-refractivity contribution in [3.8, 4) is 17.2 Å². The van der Waals surface area contributed by atoms with Crippen LogP contribution in [-0.2, 0) is 12.8 Å². The Labute approximate surface area is 149 Å². The Morgan fingerprint density at radius 1 is 1.12 bits per heavy atom. The topological polar surface area (TPSA) is 49.7 Å². The molecule has 2 aromatic carbocycles. The lowest BCUT2D eigenvalue weighted by Gasteiger charge is -2.43. The molecule has 2 N–H and O–H groups in total. The van der Waals surface area contributed by atoms with Gasteiger partial charge in [0.2, 0.25) is 0 Å². The molecule has 2 aromatic rings. The van der Waals surface area contributed by atoms with Crippen molar-refractivity contribution in [3.63, 3.8) is 0 Å². The van der Waals surface area contributed by atoms with Gasteiger partial charge in [-0.2, -0.15) is 0 Å². The first-order valence-corrected chi connectivity index (χ1v) is 7.91. The zero-order valence-electron chi connectivity index (χ0n) is 14.3. The molecule has 0 saturated carbocycles. The normalized spacial score (nSPS) is 18.4. The van der Waals surface area contributed by atoms with Crippen LogP contribution in [0.15, 0.2) is 36.4 Å². The maximum absolute atomic E-state index is 10.0. The molecule has 3 rings (SSSR count). The second-order valence-corrected chi connectivity index (χ2v) is 6.86. The number of methoxy groups -OCH3 is 1. The van der Waals surface area contributed by atoms with Gasteiger partial charge in [-0.3, -0.25) is 0 Å². The van der Waals surface area contributed by atoms with Crippen LogP contribution < -0.4 is 17.1 Å². The zero-order chi connectivity index (χ0) is 16.6. The Balaban J connectivity index is 0.00000208. The first kappa shape index (κ1) is 18.4. The minimum absolute atomic E-state index is 0. The molecule has 0 spiro atoms. The zero-order valence-corrected chi connectivity index (χ0v) is 15.0. The number of nitrogens with zero attached hydrogens (tertiary/aromatic N) is 1. The molecule has 0 amide bonds. The third kappa shape index (κ3) is 3.45. The molecule has 4 nitrogen and oxygen atoms in total. The van der Waals surface area contributed by atoms with Crippen LogP contribution in [0.2, 0.25) is 0 Å². The maximum atomic E-state index is 10.0. The van der Waals surface area contributed by atoms with Crippen molar-refractivity contribution >= 4 is 0 Å². The largest absolute Gasteiger partial charge is 1.00 e. The number of quaternary nitrogens is 1. The SMILES string of the molecule is COc1cc2c(cc1O)CC[N+](C)(C)[C@@H]2Cc1ccc(O)cc1.[Cl-]. The summed E-state index contributed by atoms with van der Waals surface area (Å²) >= 11 is 0. The molecule has 0 radical (unpaired) electrons. The maximum Gasteiger partial charge on any atom is 0.161 e. The fourth-order valence-electron chi connectivity index (χ4n) is 3.47. The summed E-state index contributed by atoms with van der Waals surface area (Å²) in [7, 11) is 6.07. The monoisotopic (exact) mass is 349 g/mol. The van der Waals surface area contributed by atoms with Gasteiger partial charge < -0.3 is 31.8 Å². The fraction of sp³-hybridized carbons (Fsp3) is 0.368. The van der Waals surface area contributed by atoms with Crippen molar-refractivity contribution in [2.75, 3.05) is 27.7 Å². The van der Waals surface area contributed by atoms with E-state index in [-0.39, 0.29) is 29.9 Å². The van der Waals surface area contributed by atoms with Crippen molar-refractivity contribution in [1.29, 1.82) is 0 Å². The van der Waals surface area contributed by atoms with Crippen molar-refractivity contribution in [2.45, 2.75) is 18.9 Å². The second-order valence-electron chi connectivity index (χ2n) is 6.86. The summed E-state index contributed by atoms with van der Waals surface area (Å²) in [5, 5.41) is 19.5. The first-order chi connectivity index (χ1) is 10.9. The average Bonchev–Trinajstić information content (AvgIpc) is 2.52. The third-order valence-electron chi connectivity index (χ3n) is 4.97. The molecule has 0 bridgehead atoms. The number of halogens is 1. The number of ether oxygens (including phenoxy) is 1.